The molecular formula is C41H42N6O5Si. The fourth-order valence-corrected chi connectivity index (χ4v) is 12.7. The van der Waals surface area contributed by atoms with Crippen LogP contribution in [0.15, 0.2) is 114 Å². The Bertz CT molecular complexity index is 2360. The third-order valence-corrected chi connectivity index (χ3v) is 15.6. The molecule has 2 aliphatic heterocycles. The summed E-state index contributed by atoms with van der Waals surface area (Å²) < 4.78 is 16.1. The first-order valence-corrected chi connectivity index (χ1v) is 21.1. The van der Waals surface area contributed by atoms with Crippen LogP contribution in [-0.4, -0.2) is 63.7 Å². The molecular weight excluding hydrogens is 685 g/mol. The van der Waals surface area contributed by atoms with E-state index in [4.69, 9.17) is 9.47 Å². The van der Waals surface area contributed by atoms with Crippen LogP contribution in [0, 0.1) is 5.92 Å². The van der Waals surface area contributed by atoms with E-state index in [1.165, 1.54) is 9.87 Å². The Morgan fingerprint density at radius 1 is 0.943 bits per heavy atom. The number of carbonyl (C=O) groups is 1. The van der Waals surface area contributed by atoms with Crippen molar-refractivity contribution in [1.29, 1.82) is 0 Å². The van der Waals surface area contributed by atoms with Gasteiger partial charge in [0.2, 0.25) is 0 Å². The topological polar surface area (TPSA) is 125 Å². The van der Waals surface area contributed by atoms with Crippen molar-refractivity contribution in [2.75, 3.05) is 18.6 Å². The van der Waals surface area contributed by atoms with E-state index in [9.17, 15) is 9.90 Å². The number of para-hydroxylation sites is 1. The minimum atomic E-state index is -2.41. The lowest BCUT2D eigenvalue weighted by Crippen LogP contribution is -2.51. The molecule has 0 aliphatic carbocycles. The molecule has 0 saturated carbocycles. The Morgan fingerprint density at radius 3 is 2.45 bits per heavy atom. The smallest absolute Gasteiger partial charge is 0.279 e. The average Bonchev–Trinajstić information content (AvgIpc) is 3.83. The van der Waals surface area contributed by atoms with Gasteiger partial charge in [-0.3, -0.25) is 19.2 Å². The van der Waals surface area contributed by atoms with Crippen LogP contribution in [0.4, 0.5) is 11.4 Å². The lowest BCUT2D eigenvalue weighted by atomic mass is 9.82. The molecule has 2 aliphatic rings. The second-order valence-electron chi connectivity index (χ2n) is 14.5. The molecule has 4 atom stereocenters. The molecule has 1 spiro atoms. The summed E-state index contributed by atoms with van der Waals surface area (Å²) in [5.74, 6) is 0.379. The van der Waals surface area contributed by atoms with E-state index >= 15 is 4.79 Å². The highest BCUT2D eigenvalue weighted by atomic mass is 28.3. The molecule has 1 fully saturated rings. The molecule has 1 amide bonds. The first-order chi connectivity index (χ1) is 25.7. The highest BCUT2D eigenvalue weighted by Crippen LogP contribution is 2.61. The number of rotatable bonds is 10. The number of fused-ring (bicyclic) bond motifs is 3. The van der Waals surface area contributed by atoms with Crippen molar-refractivity contribution in [3.8, 4) is 11.4 Å². The molecule has 2 aromatic heterocycles. The zero-order valence-corrected chi connectivity index (χ0v) is 31.2. The standard InChI is InChI=1S/C41H42N6O5Si/c1-27-38(53(3,4)33-17-15-32(51-2)16-18-33)37(20-22-45-26-29(21-23-48)43-44-45)52-41(27)35-24-31(47-39(49)34-13-9-8-10-28(34)25-42-47)14-19-36(35)46(40(41)50)30-11-6-5-7-12-30/h5-19,24-27,37-38,48H,20-23H2,1-4H3/t27-,37+,38-,41+/m1/s1. The number of benzene rings is 4. The van der Waals surface area contributed by atoms with Crippen LogP contribution in [0.5, 0.6) is 5.75 Å². The Balaban J connectivity index is 1.28. The molecule has 53 heavy (non-hydrogen) atoms. The van der Waals surface area contributed by atoms with Gasteiger partial charge in [0.1, 0.15) is 5.75 Å². The van der Waals surface area contributed by atoms with Crippen molar-refractivity contribution in [1.82, 2.24) is 24.8 Å². The fourth-order valence-electron chi connectivity index (χ4n) is 8.67. The van der Waals surface area contributed by atoms with E-state index in [0.717, 1.165) is 33.8 Å². The van der Waals surface area contributed by atoms with E-state index in [0.29, 0.717) is 30.5 Å². The average molecular weight is 727 g/mol. The Morgan fingerprint density at radius 2 is 1.70 bits per heavy atom. The molecule has 4 heterocycles. The number of aryl methyl sites for hydroxylation is 1. The number of aliphatic hydroxyl groups excluding tert-OH is 1. The maximum Gasteiger partial charge on any atom is 0.279 e. The first-order valence-electron chi connectivity index (χ1n) is 18.0. The number of carbonyl (C=O) groups excluding carboxylic acids is 1. The van der Waals surface area contributed by atoms with E-state index in [1.807, 2.05) is 85.1 Å². The first kappa shape index (κ1) is 34.6. The summed E-state index contributed by atoms with van der Waals surface area (Å²) >= 11 is 0. The Kier molecular flexibility index (Phi) is 8.84. The third-order valence-electron chi connectivity index (χ3n) is 11.3. The van der Waals surface area contributed by atoms with Crippen LogP contribution in [0.25, 0.3) is 16.5 Å². The summed E-state index contributed by atoms with van der Waals surface area (Å²) in [5, 5.41) is 25.1. The minimum absolute atomic E-state index is 0.00351. The van der Waals surface area contributed by atoms with E-state index in [2.05, 4.69) is 47.6 Å². The normalized spacial score (nSPS) is 21.1. The molecule has 6 aromatic rings. The second-order valence-corrected chi connectivity index (χ2v) is 19.2. The van der Waals surface area contributed by atoms with Crippen LogP contribution in [0.3, 0.4) is 0 Å². The third kappa shape index (κ3) is 5.68. The Hall–Kier alpha value is -5.43. The summed E-state index contributed by atoms with van der Waals surface area (Å²) in [6.07, 6.45) is 4.25. The van der Waals surface area contributed by atoms with Gasteiger partial charge in [0, 0.05) is 48.3 Å². The number of aromatic nitrogens is 5. The molecule has 270 valence electrons. The van der Waals surface area contributed by atoms with Gasteiger partial charge in [-0.05, 0) is 60.5 Å². The van der Waals surface area contributed by atoms with Gasteiger partial charge >= 0.3 is 0 Å². The highest BCUT2D eigenvalue weighted by molar-refractivity contribution is 6.91. The molecule has 4 aromatic carbocycles. The zero-order valence-electron chi connectivity index (χ0n) is 30.2. The number of ether oxygens (including phenoxy) is 2. The molecule has 12 heteroatoms. The zero-order chi connectivity index (χ0) is 36.9. The summed E-state index contributed by atoms with van der Waals surface area (Å²) in [7, 11) is -0.749. The molecule has 1 saturated heterocycles. The SMILES string of the molecule is COc1ccc([Si](C)(C)[C@H]2[C@H](CCn3cc(CCO)nn3)O[C@@]3(C(=O)N(c4ccccc4)c4ccc(-n5ncc6ccccc6c5=O)cc43)[C@@H]2C)cc1. The number of aliphatic hydroxyl groups is 1. The van der Waals surface area contributed by atoms with E-state index in [1.54, 1.807) is 29.0 Å². The summed E-state index contributed by atoms with van der Waals surface area (Å²) in [5.41, 5.74) is 1.87. The summed E-state index contributed by atoms with van der Waals surface area (Å²) in [4.78, 5) is 30.9. The maximum atomic E-state index is 15.3. The van der Waals surface area contributed by atoms with Gasteiger partial charge in [-0.2, -0.15) is 9.78 Å². The van der Waals surface area contributed by atoms with Gasteiger partial charge < -0.3 is 14.6 Å². The quantitative estimate of drug-likeness (QED) is 0.184. The molecule has 8 rings (SSSR count). The van der Waals surface area contributed by atoms with Crippen LogP contribution in [0.1, 0.15) is 24.6 Å². The molecule has 0 radical (unpaired) electrons. The summed E-state index contributed by atoms with van der Waals surface area (Å²) in [6, 6.07) is 31.0. The number of hydrogen-bond donors (Lipinski definition) is 1. The lowest BCUT2D eigenvalue weighted by molar-refractivity contribution is -0.145. The van der Waals surface area contributed by atoms with Gasteiger partial charge in [-0.15, -0.1) is 5.10 Å². The molecule has 1 N–H and O–H groups in total. The molecule has 11 nitrogen and oxygen atoms in total. The molecule has 0 bridgehead atoms. The van der Waals surface area contributed by atoms with Crippen molar-refractivity contribution in [3.05, 3.63) is 131 Å². The van der Waals surface area contributed by atoms with Crippen LogP contribution >= 0.6 is 0 Å². The number of amides is 1. The van der Waals surface area contributed by atoms with Crippen molar-refractivity contribution in [3.63, 3.8) is 0 Å². The van der Waals surface area contributed by atoms with Crippen LogP contribution in [-0.2, 0) is 28.1 Å². The van der Waals surface area contributed by atoms with Crippen molar-refractivity contribution < 1.29 is 19.4 Å². The fraction of sp³-hybridized carbons (Fsp3) is 0.293. The number of hydrogen-bond acceptors (Lipinski definition) is 8. The number of methoxy groups -OCH3 is 1. The number of nitrogens with zero attached hydrogens (tertiary/aromatic N) is 6. The van der Waals surface area contributed by atoms with Gasteiger partial charge in [-0.1, -0.05) is 78.9 Å². The lowest BCUT2D eigenvalue weighted by Gasteiger charge is -2.37. The highest BCUT2D eigenvalue weighted by Gasteiger charge is 2.66. The minimum Gasteiger partial charge on any atom is -0.497 e. The molecule has 0 unspecified atom stereocenters. The van der Waals surface area contributed by atoms with Gasteiger partial charge in [0.15, 0.2) is 5.60 Å². The van der Waals surface area contributed by atoms with E-state index in [-0.39, 0.29) is 35.6 Å². The van der Waals surface area contributed by atoms with Crippen LogP contribution < -0.4 is 20.4 Å². The maximum absolute atomic E-state index is 15.3. The Labute approximate surface area is 308 Å². The monoisotopic (exact) mass is 726 g/mol. The van der Waals surface area contributed by atoms with Gasteiger partial charge in [0.25, 0.3) is 11.5 Å². The van der Waals surface area contributed by atoms with Gasteiger partial charge in [0.05, 0.1) is 49.9 Å². The number of anilines is 2. The van der Waals surface area contributed by atoms with Crippen molar-refractivity contribution >= 4 is 41.3 Å². The predicted molar refractivity (Wildman–Crippen MR) is 206 cm³/mol. The van der Waals surface area contributed by atoms with Gasteiger partial charge in [-0.25, -0.2) is 0 Å². The van der Waals surface area contributed by atoms with Crippen molar-refractivity contribution in [2.45, 2.75) is 56.7 Å². The predicted octanol–water partition coefficient (Wildman–Crippen LogP) is 5.51. The van der Waals surface area contributed by atoms with Crippen LogP contribution in [0.2, 0.25) is 18.6 Å². The van der Waals surface area contributed by atoms with E-state index < -0.39 is 13.7 Å². The summed E-state index contributed by atoms with van der Waals surface area (Å²) in [6.45, 7) is 7.38. The largest absolute Gasteiger partial charge is 0.497 e. The van der Waals surface area contributed by atoms with Crippen molar-refractivity contribution in [2.24, 2.45) is 5.92 Å². The second kappa shape index (κ2) is 13.5.